The Balaban J connectivity index is 2.77. The third-order valence-electron chi connectivity index (χ3n) is 1.32. The van der Waals surface area contributed by atoms with Gasteiger partial charge < -0.3 is 4.42 Å². The highest BCUT2D eigenvalue weighted by atomic mass is 32.2. The number of hydrogen-bond acceptors (Lipinski definition) is 5. The van der Waals surface area contributed by atoms with Crippen molar-refractivity contribution in [2.45, 2.75) is 0 Å². The van der Waals surface area contributed by atoms with Crippen LogP contribution in [0, 0.1) is 6.39 Å². The van der Waals surface area contributed by atoms with Crippen LogP contribution in [0.3, 0.4) is 0 Å². The van der Waals surface area contributed by atoms with Crippen molar-refractivity contribution in [1.82, 2.24) is 14.0 Å². The SMILES string of the molecule is CN(C)S(=O)(=O)NC(=O)c1cn[c]o1. The highest BCUT2D eigenvalue weighted by molar-refractivity contribution is 7.87. The van der Waals surface area contributed by atoms with Crippen molar-refractivity contribution in [1.29, 1.82) is 0 Å². The molecule has 0 atom stereocenters. The summed E-state index contributed by atoms with van der Waals surface area (Å²) in [7, 11) is -1.20. The van der Waals surface area contributed by atoms with E-state index in [1.54, 1.807) is 4.72 Å². The lowest BCUT2D eigenvalue weighted by atomic mass is 10.5. The molecule has 1 aromatic heterocycles. The lowest BCUT2D eigenvalue weighted by molar-refractivity contribution is 0.0952. The number of oxazole rings is 1. The van der Waals surface area contributed by atoms with Crippen LogP contribution in [-0.2, 0) is 10.2 Å². The van der Waals surface area contributed by atoms with Crippen molar-refractivity contribution in [2.75, 3.05) is 14.1 Å². The second-order valence-corrected chi connectivity index (χ2v) is 4.42. The number of carbonyl (C=O) groups is 1. The Hall–Kier alpha value is -1.41. The van der Waals surface area contributed by atoms with E-state index in [1.165, 1.54) is 14.1 Å². The summed E-state index contributed by atoms with van der Waals surface area (Å²) in [4.78, 5) is 14.5. The van der Waals surface area contributed by atoms with Gasteiger partial charge >= 0.3 is 16.1 Å². The minimum Gasteiger partial charge on any atom is -0.427 e. The molecular weight excluding hydrogens is 210 g/mol. The fourth-order valence-corrected chi connectivity index (χ4v) is 1.07. The van der Waals surface area contributed by atoms with Gasteiger partial charge in [-0.15, -0.1) is 0 Å². The van der Waals surface area contributed by atoms with E-state index in [-0.39, 0.29) is 5.76 Å². The van der Waals surface area contributed by atoms with Gasteiger partial charge in [0.05, 0.1) is 6.20 Å². The summed E-state index contributed by atoms with van der Waals surface area (Å²) < 4.78 is 29.4. The van der Waals surface area contributed by atoms with Crippen LogP contribution in [0.1, 0.15) is 10.6 Å². The molecule has 14 heavy (non-hydrogen) atoms. The first-order valence-electron chi connectivity index (χ1n) is 3.50. The highest BCUT2D eigenvalue weighted by Gasteiger charge is 2.19. The molecule has 77 valence electrons. The van der Waals surface area contributed by atoms with Gasteiger partial charge in [-0.05, 0) is 0 Å². The fourth-order valence-electron chi connectivity index (χ4n) is 0.551. The van der Waals surface area contributed by atoms with Crippen LogP contribution in [0.4, 0.5) is 0 Å². The fraction of sp³-hybridized carbons (Fsp3) is 0.333. The predicted octanol–water partition coefficient (Wildman–Crippen LogP) is -0.989. The standard InChI is InChI=1S/C6H8N3O4S/c1-9(2)14(11,12)8-6(10)5-3-7-4-13-5/h3H,1-2H3,(H,8,10). The molecule has 0 aromatic carbocycles. The topological polar surface area (TPSA) is 92.5 Å². The minimum atomic E-state index is -3.79. The highest BCUT2D eigenvalue weighted by Crippen LogP contribution is 1.97. The Kier molecular flexibility index (Phi) is 2.87. The molecule has 1 radical (unpaired) electrons. The molecule has 0 aliphatic rings. The average molecular weight is 218 g/mol. The van der Waals surface area contributed by atoms with Crippen LogP contribution in [0.25, 0.3) is 0 Å². The number of aromatic nitrogens is 1. The molecule has 8 heteroatoms. The van der Waals surface area contributed by atoms with Gasteiger partial charge in [0.2, 0.25) is 5.76 Å². The molecule has 1 heterocycles. The second kappa shape index (κ2) is 3.76. The van der Waals surface area contributed by atoms with Gasteiger partial charge in [-0.1, -0.05) is 0 Å². The van der Waals surface area contributed by atoms with E-state index in [9.17, 15) is 13.2 Å². The van der Waals surface area contributed by atoms with E-state index in [4.69, 9.17) is 0 Å². The van der Waals surface area contributed by atoms with Crippen molar-refractivity contribution >= 4 is 16.1 Å². The molecule has 1 N–H and O–H groups in total. The molecule has 0 aliphatic heterocycles. The van der Waals surface area contributed by atoms with Crippen molar-refractivity contribution < 1.29 is 17.6 Å². The minimum absolute atomic E-state index is 0.213. The molecule has 0 saturated carbocycles. The average Bonchev–Trinajstić information content (AvgIpc) is 2.54. The second-order valence-electron chi connectivity index (χ2n) is 2.53. The third kappa shape index (κ3) is 2.30. The Labute approximate surface area is 80.9 Å². The van der Waals surface area contributed by atoms with Crippen molar-refractivity contribution in [3.05, 3.63) is 18.4 Å². The van der Waals surface area contributed by atoms with Crippen LogP contribution in [0.5, 0.6) is 0 Å². The molecule has 1 aromatic rings. The molecule has 0 spiro atoms. The van der Waals surface area contributed by atoms with Crippen molar-refractivity contribution in [3.63, 3.8) is 0 Å². The summed E-state index contributed by atoms with van der Waals surface area (Å²) >= 11 is 0. The lowest BCUT2D eigenvalue weighted by Gasteiger charge is -2.10. The van der Waals surface area contributed by atoms with Crippen molar-refractivity contribution in [3.8, 4) is 0 Å². The number of amides is 1. The van der Waals surface area contributed by atoms with E-state index >= 15 is 0 Å². The summed E-state index contributed by atoms with van der Waals surface area (Å²) in [5.74, 6) is -1.09. The van der Waals surface area contributed by atoms with Gasteiger partial charge in [0.25, 0.3) is 6.39 Å². The van der Waals surface area contributed by atoms with Crippen LogP contribution < -0.4 is 4.72 Å². The molecule has 1 amide bonds. The van der Waals surface area contributed by atoms with Crippen LogP contribution in [0.2, 0.25) is 0 Å². The van der Waals surface area contributed by atoms with Crippen LogP contribution in [-0.4, -0.2) is 37.7 Å². The summed E-state index contributed by atoms with van der Waals surface area (Å²) in [6, 6.07) is 0. The zero-order valence-electron chi connectivity index (χ0n) is 7.51. The van der Waals surface area contributed by atoms with Gasteiger partial charge in [0, 0.05) is 14.1 Å². The Bertz CT molecular complexity index is 408. The van der Waals surface area contributed by atoms with E-state index in [1.807, 2.05) is 6.39 Å². The Morgan fingerprint density at radius 3 is 2.71 bits per heavy atom. The Morgan fingerprint density at radius 1 is 1.64 bits per heavy atom. The summed E-state index contributed by atoms with van der Waals surface area (Å²) in [6.45, 7) is 0. The van der Waals surface area contributed by atoms with Gasteiger partial charge in [0.1, 0.15) is 0 Å². The number of rotatable bonds is 3. The number of carbonyl (C=O) groups excluding carboxylic acids is 1. The van der Waals surface area contributed by atoms with E-state index in [0.717, 1.165) is 10.5 Å². The molecule has 7 nitrogen and oxygen atoms in total. The zero-order valence-corrected chi connectivity index (χ0v) is 8.33. The molecular formula is C6H8N3O4S. The van der Waals surface area contributed by atoms with Gasteiger partial charge in [0.15, 0.2) is 0 Å². The number of nitrogens with zero attached hydrogens (tertiary/aromatic N) is 2. The molecule has 0 fully saturated rings. The van der Waals surface area contributed by atoms with Crippen LogP contribution in [0.15, 0.2) is 10.6 Å². The number of hydrogen-bond donors (Lipinski definition) is 1. The first-order valence-corrected chi connectivity index (χ1v) is 4.94. The quantitative estimate of drug-likeness (QED) is 0.703. The Morgan fingerprint density at radius 2 is 2.29 bits per heavy atom. The normalized spacial score (nSPS) is 11.6. The van der Waals surface area contributed by atoms with Gasteiger partial charge in [-0.25, -0.2) is 9.71 Å². The van der Waals surface area contributed by atoms with Crippen LogP contribution >= 0.6 is 0 Å². The summed E-state index contributed by atoms with van der Waals surface area (Å²) in [5.41, 5.74) is 0. The smallest absolute Gasteiger partial charge is 0.303 e. The summed E-state index contributed by atoms with van der Waals surface area (Å²) in [5, 5.41) is 0. The third-order valence-corrected chi connectivity index (χ3v) is 2.72. The molecule has 1 rings (SSSR count). The molecule has 0 saturated heterocycles. The van der Waals surface area contributed by atoms with Gasteiger partial charge in [-0.2, -0.15) is 12.7 Å². The number of nitrogens with one attached hydrogen (secondary N) is 1. The largest absolute Gasteiger partial charge is 0.427 e. The predicted molar refractivity (Wildman–Crippen MR) is 45.4 cm³/mol. The zero-order chi connectivity index (χ0) is 10.8. The molecule has 0 aliphatic carbocycles. The van der Waals surface area contributed by atoms with Crippen molar-refractivity contribution in [2.24, 2.45) is 0 Å². The first kappa shape index (κ1) is 10.7. The monoisotopic (exact) mass is 218 g/mol. The van der Waals surface area contributed by atoms with E-state index in [2.05, 4.69) is 9.40 Å². The molecule has 0 unspecified atom stereocenters. The van der Waals surface area contributed by atoms with Gasteiger partial charge in [-0.3, -0.25) is 4.79 Å². The maximum atomic E-state index is 11.2. The lowest BCUT2D eigenvalue weighted by Crippen LogP contribution is -2.39. The maximum Gasteiger partial charge on any atom is 0.303 e. The van der Waals surface area contributed by atoms with E-state index in [0.29, 0.717) is 0 Å². The molecule has 0 bridgehead atoms. The summed E-state index contributed by atoms with van der Waals surface area (Å²) in [6.07, 6.45) is 3.10. The maximum absolute atomic E-state index is 11.2. The van der Waals surface area contributed by atoms with E-state index < -0.39 is 16.1 Å². The first-order chi connectivity index (χ1) is 6.43.